The van der Waals surface area contributed by atoms with Crippen molar-refractivity contribution in [2.24, 2.45) is 0 Å². The van der Waals surface area contributed by atoms with Crippen LogP contribution in [0.2, 0.25) is 0 Å². The monoisotopic (exact) mass is 366 g/mol. The van der Waals surface area contributed by atoms with Crippen LogP contribution in [0, 0.1) is 5.82 Å². The van der Waals surface area contributed by atoms with Gasteiger partial charge in [0.05, 0.1) is 6.61 Å². The SMILES string of the molecule is O=C(NC(CO)C(=O)NCc1ccc(F)cc1)c1ccc2ccccc2c1. The molecule has 0 saturated heterocycles. The Morgan fingerprint density at radius 3 is 2.37 bits per heavy atom. The number of rotatable bonds is 6. The summed E-state index contributed by atoms with van der Waals surface area (Å²) in [6, 6.07) is 17.5. The first-order valence-electron chi connectivity index (χ1n) is 8.49. The number of carbonyl (C=O) groups excluding carboxylic acids is 2. The number of hydrogen-bond donors (Lipinski definition) is 3. The molecule has 6 heteroatoms. The number of aliphatic hydroxyl groups excluding tert-OH is 1. The second kappa shape index (κ2) is 8.42. The van der Waals surface area contributed by atoms with Crippen LogP contribution in [0.1, 0.15) is 15.9 Å². The molecule has 2 amide bonds. The molecule has 0 aliphatic rings. The lowest BCUT2D eigenvalue weighted by atomic mass is 10.1. The maximum Gasteiger partial charge on any atom is 0.252 e. The highest BCUT2D eigenvalue weighted by Crippen LogP contribution is 2.15. The van der Waals surface area contributed by atoms with Crippen molar-refractivity contribution in [2.45, 2.75) is 12.6 Å². The van der Waals surface area contributed by atoms with E-state index < -0.39 is 24.5 Å². The summed E-state index contributed by atoms with van der Waals surface area (Å²) in [6.07, 6.45) is 0. The van der Waals surface area contributed by atoms with E-state index >= 15 is 0 Å². The maximum absolute atomic E-state index is 12.9. The highest BCUT2D eigenvalue weighted by Gasteiger charge is 2.20. The quantitative estimate of drug-likeness (QED) is 0.627. The number of benzene rings is 3. The lowest BCUT2D eigenvalue weighted by Gasteiger charge is -2.16. The third kappa shape index (κ3) is 4.68. The van der Waals surface area contributed by atoms with Crippen LogP contribution >= 0.6 is 0 Å². The van der Waals surface area contributed by atoms with Crippen molar-refractivity contribution in [2.75, 3.05) is 6.61 Å². The van der Waals surface area contributed by atoms with Crippen LogP contribution in [-0.2, 0) is 11.3 Å². The van der Waals surface area contributed by atoms with Crippen LogP contribution in [-0.4, -0.2) is 29.6 Å². The molecule has 0 heterocycles. The lowest BCUT2D eigenvalue weighted by molar-refractivity contribution is -0.124. The van der Waals surface area contributed by atoms with Gasteiger partial charge in [-0.3, -0.25) is 9.59 Å². The van der Waals surface area contributed by atoms with E-state index in [1.165, 1.54) is 12.1 Å². The van der Waals surface area contributed by atoms with E-state index in [0.29, 0.717) is 11.1 Å². The Labute approximate surface area is 155 Å². The van der Waals surface area contributed by atoms with E-state index in [1.807, 2.05) is 30.3 Å². The second-order valence-corrected chi connectivity index (χ2v) is 6.11. The molecular weight excluding hydrogens is 347 g/mol. The molecule has 0 fully saturated rings. The summed E-state index contributed by atoms with van der Waals surface area (Å²) in [4.78, 5) is 24.7. The van der Waals surface area contributed by atoms with Crippen LogP contribution in [0.3, 0.4) is 0 Å². The summed E-state index contributed by atoms with van der Waals surface area (Å²) >= 11 is 0. The van der Waals surface area contributed by atoms with Gasteiger partial charge in [-0.15, -0.1) is 0 Å². The Bertz CT molecular complexity index is 957. The first-order valence-corrected chi connectivity index (χ1v) is 8.49. The van der Waals surface area contributed by atoms with Crippen LogP contribution < -0.4 is 10.6 Å². The van der Waals surface area contributed by atoms with Gasteiger partial charge in [0.1, 0.15) is 11.9 Å². The Hall–Kier alpha value is -3.25. The molecule has 27 heavy (non-hydrogen) atoms. The molecule has 0 bridgehead atoms. The smallest absolute Gasteiger partial charge is 0.252 e. The van der Waals surface area contributed by atoms with Crippen molar-refractivity contribution >= 4 is 22.6 Å². The zero-order valence-corrected chi connectivity index (χ0v) is 14.5. The Morgan fingerprint density at radius 2 is 1.67 bits per heavy atom. The Kier molecular flexibility index (Phi) is 5.78. The number of carbonyl (C=O) groups is 2. The summed E-state index contributed by atoms with van der Waals surface area (Å²) in [5, 5.41) is 16.5. The van der Waals surface area contributed by atoms with Gasteiger partial charge in [-0.25, -0.2) is 4.39 Å². The molecule has 3 aromatic carbocycles. The molecular formula is C21H19FN2O3. The van der Waals surface area contributed by atoms with E-state index in [1.54, 1.807) is 24.3 Å². The van der Waals surface area contributed by atoms with Gasteiger partial charge in [0.15, 0.2) is 0 Å². The summed E-state index contributed by atoms with van der Waals surface area (Å²) in [5.41, 5.74) is 1.11. The summed E-state index contributed by atoms with van der Waals surface area (Å²) in [7, 11) is 0. The summed E-state index contributed by atoms with van der Waals surface area (Å²) in [6.45, 7) is -0.365. The largest absolute Gasteiger partial charge is 0.394 e. The van der Waals surface area contributed by atoms with Gasteiger partial charge >= 0.3 is 0 Å². The van der Waals surface area contributed by atoms with Crippen molar-refractivity contribution in [3.05, 3.63) is 83.7 Å². The van der Waals surface area contributed by atoms with E-state index in [4.69, 9.17) is 0 Å². The normalized spacial score (nSPS) is 11.8. The minimum atomic E-state index is -1.08. The molecule has 3 aromatic rings. The molecule has 0 aliphatic heterocycles. The number of amides is 2. The topological polar surface area (TPSA) is 78.4 Å². The molecule has 1 atom stereocenters. The number of hydrogen-bond acceptors (Lipinski definition) is 3. The minimum Gasteiger partial charge on any atom is -0.394 e. The molecule has 0 radical (unpaired) electrons. The third-order valence-corrected chi connectivity index (χ3v) is 4.20. The Balaban J connectivity index is 1.63. The molecule has 0 saturated carbocycles. The fourth-order valence-electron chi connectivity index (χ4n) is 2.68. The second-order valence-electron chi connectivity index (χ2n) is 6.11. The van der Waals surface area contributed by atoms with Gasteiger partial charge in [0.2, 0.25) is 5.91 Å². The van der Waals surface area contributed by atoms with E-state index in [-0.39, 0.29) is 12.4 Å². The van der Waals surface area contributed by atoms with E-state index in [0.717, 1.165) is 10.8 Å². The van der Waals surface area contributed by atoms with Gasteiger partial charge in [-0.1, -0.05) is 42.5 Å². The van der Waals surface area contributed by atoms with Gasteiger partial charge < -0.3 is 15.7 Å². The van der Waals surface area contributed by atoms with Gasteiger partial charge in [-0.05, 0) is 40.6 Å². The van der Waals surface area contributed by atoms with Crippen LogP contribution in [0.5, 0.6) is 0 Å². The molecule has 0 aliphatic carbocycles. The van der Waals surface area contributed by atoms with E-state index in [2.05, 4.69) is 10.6 Å². The highest BCUT2D eigenvalue weighted by molar-refractivity contribution is 6.00. The van der Waals surface area contributed by atoms with Crippen molar-refractivity contribution in [3.8, 4) is 0 Å². The zero-order chi connectivity index (χ0) is 19.2. The summed E-state index contributed by atoms with van der Waals surface area (Å²) in [5.74, 6) is -1.33. The predicted molar refractivity (Wildman–Crippen MR) is 101 cm³/mol. The first kappa shape index (κ1) is 18.5. The average Bonchev–Trinajstić information content (AvgIpc) is 2.70. The number of fused-ring (bicyclic) bond motifs is 1. The van der Waals surface area contributed by atoms with Crippen LogP contribution in [0.25, 0.3) is 10.8 Å². The molecule has 3 rings (SSSR count). The number of nitrogens with one attached hydrogen (secondary N) is 2. The molecule has 0 aromatic heterocycles. The van der Waals surface area contributed by atoms with Gasteiger partial charge in [0.25, 0.3) is 5.91 Å². The fourth-order valence-corrected chi connectivity index (χ4v) is 2.68. The van der Waals surface area contributed by atoms with Crippen molar-refractivity contribution in [1.29, 1.82) is 0 Å². The highest BCUT2D eigenvalue weighted by atomic mass is 19.1. The summed E-state index contributed by atoms with van der Waals surface area (Å²) < 4.78 is 12.9. The third-order valence-electron chi connectivity index (χ3n) is 4.20. The average molecular weight is 366 g/mol. The predicted octanol–water partition coefficient (Wildman–Crippen LogP) is 2.39. The fraction of sp³-hybridized carbons (Fsp3) is 0.143. The first-order chi connectivity index (χ1) is 13.1. The number of aliphatic hydroxyl groups is 1. The number of halogens is 1. The van der Waals surface area contributed by atoms with Crippen molar-refractivity contribution in [3.63, 3.8) is 0 Å². The molecule has 138 valence electrons. The molecule has 3 N–H and O–H groups in total. The zero-order valence-electron chi connectivity index (χ0n) is 14.5. The van der Waals surface area contributed by atoms with Gasteiger partial charge in [-0.2, -0.15) is 0 Å². The minimum absolute atomic E-state index is 0.168. The van der Waals surface area contributed by atoms with Gasteiger partial charge in [0, 0.05) is 12.1 Å². The standard InChI is InChI=1S/C21H19FN2O3/c22-18-9-5-14(6-10-18)12-23-21(27)19(13-25)24-20(26)17-8-7-15-3-1-2-4-16(15)11-17/h1-11,19,25H,12-13H2,(H,23,27)(H,24,26). The van der Waals surface area contributed by atoms with Crippen molar-refractivity contribution < 1.29 is 19.1 Å². The maximum atomic E-state index is 12.9. The molecule has 0 spiro atoms. The molecule has 1 unspecified atom stereocenters. The van der Waals surface area contributed by atoms with Crippen molar-refractivity contribution in [1.82, 2.24) is 10.6 Å². The van der Waals surface area contributed by atoms with Crippen LogP contribution in [0.15, 0.2) is 66.7 Å². The Morgan fingerprint density at radius 1 is 0.963 bits per heavy atom. The van der Waals surface area contributed by atoms with E-state index in [9.17, 15) is 19.1 Å². The van der Waals surface area contributed by atoms with Crippen LogP contribution in [0.4, 0.5) is 4.39 Å². The lowest BCUT2D eigenvalue weighted by Crippen LogP contribution is -2.48. The molecule has 5 nitrogen and oxygen atoms in total.